The van der Waals surface area contributed by atoms with E-state index in [0.29, 0.717) is 18.6 Å². The highest BCUT2D eigenvalue weighted by Crippen LogP contribution is 2.10. The predicted molar refractivity (Wildman–Crippen MR) is 290 cm³/mol. The molecule has 0 spiro atoms. The van der Waals surface area contributed by atoms with Gasteiger partial charge in [0.1, 0.15) is 54.4 Å². The minimum absolute atomic E-state index is 0.0382. The molecule has 24 N–H and O–H groups in total. The van der Waals surface area contributed by atoms with E-state index in [-0.39, 0.29) is 64.6 Å². The molecular formula is C47H83N15O18S. The number of carboxylic acid groups (broad SMARTS) is 4. The number of aliphatic hydroxyl groups is 1. The number of amides is 9. The number of nitrogens with two attached hydrogens (primary N) is 4. The molecule has 0 aromatic heterocycles. The number of hydrogen-bond acceptors (Lipinski definition) is 19. The lowest BCUT2D eigenvalue weighted by atomic mass is 10.0. The minimum Gasteiger partial charge on any atom is -0.481 e. The van der Waals surface area contributed by atoms with Crippen molar-refractivity contribution in [2.24, 2.45) is 22.9 Å². The molecular weight excluding hydrogens is 1090 g/mol. The van der Waals surface area contributed by atoms with Crippen molar-refractivity contribution in [3.05, 3.63) is 0 Å². The number of aliphatic hydroxyl groups excluding tert-OH is 1. The quantitative estimate of drug-likeness (QED) is 0.0153. The van der Waals surface area contributed by atoms with E-state index in [0.717, 1.165) is 13.8 Å². The first-order chi connectivity index (χ1) is 38.0. The fourth-order valence-corrected chi connectivity index (χ4v) is 7.73. The lowest BCUT2D eigenvalue weighted by Gasteiger charge is -2.28. The summed E-state index contributed by atoms with van der Waals surface area (Å²) in [4.78, 5) is 168. The van der Waals surface area contributed by atoms with E-state index < -0.39 is 182 Å². The summed E-state index contributed by atoms with van der Waals surface area (Å²) in [6, 6.07) is -15.5. The van der Waals surface area contributed by atoms with Gasteiger partial charge in [-0.1, -0.05) is 0 Å². The molecule has 0 aromatic carbocycles. The van der Waals surface area contributed by atoms with Gasteiger partial charge in [0.25, 0.3) is 0 Å². The van der Waals surface area contributed by atoms with Crippen molar-refractivity contribution in [2.45, 2.75) is 177 Å². The Morgan fingerprint density at radius 1 is 0.469 bits per heavy atom. The summed E-state index contributed by atoms with van der Waals surface area (Å²) in [7, 11) is 0. The Balaban J connectivity index is 6.68. The number of thioether (sulfide) groups is 1. The van der Waals surface area contributed by atoms with Crippen LogP contribution in [0, 0.1) is 5.41 Å². The molecule has 0 fully saturated rings. The Morgan fingerprint density at radius 3 is 1.27 bits per heavy atom. The van der Waals surface area contributed by atoms with Gasteiger partial charge in [-0.05, 0) is 116 Å². The Morgan fingerprint density at radius 2 is 0.852 bits per heavy atom. The monoisotopic (exact) mass is 1180 g/mol. The molecule has 34 heteroatoms. The number of nitrogens with one attached hydrogen (secondary N) is 11. The van der Waals surface area contributed by atoms with E-state index >= 15 is 0 Å². The maximum Gasteiger partial charge on any atom is 0.326 e. The van der Waals surface area contributed by atoms with Gasteiger partial charge in [0.15, 0.2) is 5.96 Å². The number of hydrogen-bond donors (Lipinski definition) is 20. The first kappa shape index (κ1) is 73.6. The number of carboxylic acids is 4. The fourth-order valence-electron chi connectivity index (χ4n) is 7.24. The molecule has 81 heavy (non-hydrogen) atoms. The second-order valence-electron chi connectivity index (χ2n) is 18.8. The minimum atomic E-state index is -1.91. The van der Waals surface area contributed by atoms with Crippen LogP contribution in [-0.4, -0.2) is 207 Å². The lowest BCUT2D eigenvalue weighted by molar-refractivity contribution is -0.143. The summed E-state index contributed by atoms with van der Waals surface area (Å²) in [5, 5.41) is 79.1. The largest absolute Gasteiger partial charge is 0.481 e. The normalized spacial score (nSPS) is 15.0. The molecule has 11 atom stereocenters. The van der Waals surface area contributed by atoms with E-state index in [2.05, 4.69) is 53.2 Å². The summed E-state index contributed by atoms with van der Waals surface area (Å²) < 4.78 is 0. The molecule has 0 aliphatic heterocycles. The SMILES string of the molecule is CSCC[C@H](N)C(=O)N[C@@H](CC(=O)O)C(=O)N[C@@H](C)C(=O)N[C@@H](CCC(=O)O)C(=O)N[C@H](C(=O)N[C@@H](CCCCN)C(=O)N[C@@H](CCCCN)C(=O)N[C@@H](CCCNC(=N)N)C(=O)N[C@@H](C)C(=O)N[C@@H](CCC(=O)O)C(=O)O)[C@@H](C)O. The number of guanidine groups is 1. The van der Waals surface area contributed by atoms with Crippen LogP contribution < -0.4 is 76.1 Å². The summed E-state index contributed by atoms with van der Waals surface area (Å²) >= 11 is 1.39. The highest BCUT2D eigenvalue weighted by molar-refractivity contribution is 7.98. The highest BCUT2D eigenvalue weighted by atomic mass is 32.2. The molecule has 9 amide bonds. The van der Waals surface area contributed by atoms with Gasteiger partial charge in [0.2, 0.25) is 53.2 Å². The van der Waals surface area contributed by atoms with E-state index in [4.69, 9.17) is 33.5 Å². The van der Waals surface area contributed by atoms with Crippen LogP contribution in [0.3, 0.4) is 0 Å². The number of rotatable bonds is 43. The Labute approximate surface area is 471 Å². The molecule has 0 saturated carbocycles. The van der Waals surface area contributed by atoms with Crippen molar-refractivity contribution in [1.82, 2.24) is 53.2 Å². The second kappa shape index (κ2) is 39.9. The van der Waals surface area contributed by atoms with Gasteiger partial charge < -0.3 is 102 Å². The van der Waals surface area contributed by atoms with Crippen LogP contribution in [-0.2, 0) is 62.3 Å². The summed E-state index contributed by atoms with van der Waals surface area (Å²) in [6.45, 7) is 3.76. The Bertz CT molecular complexity index is 2160. The molecule has 460 valence electrons. The van der Waals surface area contributed by atoms with Crippen molar-refractivity contribution in [1.29, 1.82) is 5.41 Å². The maximum absolute atomic E-state index is 14.2. The number of unbranched alkanes of at least 4 members (excludes halogenated alkanes) is 2. The zero-order chi connectivity index (χ0) is 61.9. The van der Waals surface area contributed by atoms with Gasteiger partial charge in [0, 0.05) is 19.4 Å². The molecule has 0 aliphatic rings. The van der Waals surface area contributed by atoms with Crippen molar-refractivity contribution in [2.75, 3.05) is 31.6 Å². The van der Waals surface area contributed by atoms with Crippen LogP contribution in [0.4, 0.5) is 0 Å². The van der Waals surface area contributed by atoms with Crippen LogP contribution in [0.5, 0.6) is 0 Å². The standard InChI is InChI=1S/C47H83N15O18S/c1-23(55-44(77)32(22-35(68)69)61-39(72)26(50)17-21-81-4)37(70)56-30(13-15-33(64)65)43(76)62-36(25(3)63)45(78)59-28(11-6-8-19-49)42(75)57-27(10-5-7-18-48)41(74)58-29(12-9-20-53-47(51)52)40(73)54-24(2)38(71)60-31(46(79)80)14-16-34(66)67/h23-32,36,63H,5-22,48-50H2,1-4H3,(H,54,73)(H,55,77)(H,56,70)(H,57,75)(H,58,74)(H,59,78)(H,60,71)(H,61,72)(H,62,76)(H,64,65)(H,66,67)(H,68,69)(H,79,80)(H4,51,52,53)/t23-,24-,25+,26-,27-,28-,29-,30-,31-,32-,36-/m0/s1. The molecule has 0 aliphatic carbocycles. The van der Waals surface area contributed by atoms with Crippen molar-refractivity contribution in [3.63, 3.8) is 0 Å². The van der Waals surface area contributed by atoms with Crippen LogP contribution in [0.25, 0.3) is 0 Å². The third kappa shape index (κ3) is 31.2. The first-order valence-corrected chi connectivity index (χ1v) is 27.4. The van der Waals surface area contributed by atoms with Crippen LogP contribution in [0.15, 0.2) is 0 Å². The van der Waals surface area contributed by atoms with E-state index in [9.17, 15) is 82.8 Å². The van der Waals surface area contributed by atoms with Gasteiger partial charge >= 0.3 is 23.9 Å². The average molecular weight is 1180 g/mol. The smallest absolute Gasteiger partial charge is 0.326 e. The average Bonchev–Trinajstić information content (AvgIpc) is 3.38. The molecule has 0 saturated heterocycles. The molecule has 0 radical (unpaired) electrons. The van der Waals surface area contributed by atoms with Gasteiger partial charge in [0.05, 0.1) is 18.6 Å². The van der Waals surface area contributed by atoms with E-state index in [1.165, 1.54) is 18.7 Å². The fraction of sp³-hybridized carbons (Fsp3) is 0.702. The third-order valence-corrected chi connectivity index (χ3v) is 12.5. The first-order valence-electron chi connectivity index (χ1n) is 26.0. The Hall–Kier alpha value is -7.43. The van der Waals surface area contributed by atoms with Crippen molar-refractivity contribution in [3.8, 4) is 0 Å². The summed E-state index contributed by atoms with van der Waals surface area (Å²) in [6.07, 6.45) is -2.28. The Kier molecular flexibility index (Phi) is 36.2. The number of carbonyl (C=O) groups is 13. The molecule has 33 nitrogen and oxygen atoms in total. The van der Waals surface area contributed by atoms with Crippen molar-refractivity contribution >= 4 is 94.8 Å². The molecule has 0 heterocycles. The maximum atomic E-state index is 14.2. The molecule has 0 unspecified atom stereocenters. The van der Waals surface area contributed by atoms with Crippen molar-refractivity contribution < 1.29 is 87.9 Å². The second-order valence-corrected chi connectivity index (χ2v) is 19.8. The van der Waals surface area contributed by atoms with E-state index in [1.54, 1.807) is 6.26 Å². The molecule has 0 rings (SSSR count). The molecule has 0 bridgehead atoms. The molecule has 0 aromatic rings. The van der Waals surface area contributed by atoms with Crippen LogP contribution in [0.1, 0.15) is 111 Å². The number of aliphatic carboxylic acids is 4. The van der Waals surface area contributed by atoms with Gasteiger partial charge in [-0.25, -0.2) is 4.79 Å². The third-order valence-electron chi connectivity index (χ3n) is 11.9. The highest BCUT2D eigenvalue weighted by Gasteiger charge is 2.36. The van der Waals surface area contributed by atoms with Gasteiger partial charge in [-0.2, -0.15) is 11.8 Å². The lowest BCUT2D eigenvalue weighted by Crippen LogP contribution is -2.62. The zero-order valence-electron chi connectivity index (χ0n) is 45.8. The van der Waals surface area contributed by atoms with E-state index in [1.807, 2.05) is 0 Å². The summed E-state index contributed by atoms with van der Waals surface area (Å²) in [5.41, 5.74) is 22.6. The van der Waals surface area contributed by atoms with Gasteiger partial charge in [-0.3, -0.25) is 62.9 Å². The topological polar surface area (TPSA) is 571 Å². The number of carbonyl (C=O) groups excluding carboxylic acids is 9. The van der Waals surface area contributed by atoms with Gasteiger partial charge in [-0.15, -0.1) is 0 Å². The summed E-state index contributed by atoms with van der Waals surface area (Å²) in [5.74, 6) is -15.0. The predicted octanol–water partition coefficient (Wildman–Crippen LogP) is -6.34. The van der Waals surface area contributed by atoms with Crippen LogP contribution in [0.2, 0.25) is 0 Å². The zero-order valence-corrected chi connectivity index (χ0v) is 46.7. The van der Waals surface area contributed by atoms with Crippen LogP contribution >= 0.6 is 11.8 Å².